The number of rotatable bonds is 6. The average Bonchev–Trinajstić information content (AvgIpc) is 2.76. The van der Waals surface area contributed by atoms with Gasteiger partial charge in [-0.25, -0.2) is 0 Å². The number of nitrogens with zero attached hydrogens (tertiary/aromatic N) is 1. The molecule has 0 spiro atoms. The van der Waals surface area contributed by atoms with E-state index in [1.54, 1.807) is 0 Å². The van der Waals surface area contributed by atoms with Crippen molar-refractivity contribution in [3.05, 3.63) is 22.7 Å². The van der Waals surface area contributed by atoms with Crippen molar-refractivity contribution in [1.29, 1.82) is 0 Å². The van der Waals surface area contributed by atoms with Gasteiger partial charge in [-0.1, -0.05) is 11.6 Å². The molecule has 0 fully saturated rings. The lowest BCUT2D eigenvalue weighted by Crippen LogP contribution is -2.19. The van der Waals surface area contributed by atoms with E-state index in [1.807, 2.05) is 19.2 Å². The highest BCUT2D eigenvalue weighted by Gasteiger charge is 2.18. The number of halogens is 1. The van der Waals surface area contributed by atoms with Crippen LogP contribution in [-0.2, 0) is 11.3 Å². The molecule has 5 nitrogen and oxygen atoms in total. The molecule has 1 N–H and O–H groups in total. The van der Waals surface area contributed by atoms with Gasteiger partial charge in [0, 0.05) is 13.0 Å². The lowest BCUT2D eigenvalue weighted by molar-refractivity contribution is -0.137. The quantitative estimate of drug-likeness (QED) is 0.869. The topological polar surface area (TPSA) is 59.0 Å². The summed E-state index contributed by atoms with van der Waals surface area (Å²) in [5.74, 6) is 0.500. The normalized spacial score (nSPS) is 13.0. The Balaban J connectivity index is 1.92. The van der Waals surface area contributed by atoms with E-state index < -0.39 is 5.97 Å². The van der Waals surface area contributed by atoms with Crippen LogP contribution in [0, 0.1) is 0 Å². The third-order valence-electron chi connectivity index (χ3n) is 2.87. The number of hydrogen-bond donors (Lipinski definition) is 1. The minimum absolute atomic E-state index is 0.187. The van der Waals surface area contributed by atoms with Gasteiger partial charge in [-0.3, -0.25) is 4.79 Å². The van der Waals surface area contributed by atoms with E-state index in [0.717, 1.165) is 12.1 Å². The first-order chi connectivity index (χ1) is 9.06. The van der Waals surface area contributed by atoms with E-state index >= 15 is 0 Å². The first-order valence-corrected chi connectivity index (χ1v) is 6.42. The first-order valence-electron chi connectivity index (χ1n) is 6.04. The summed E-state index contributed by atoms with van der Waals surface area (Å²) in [6.45, 7) is 1.61. The van der Waals surface area contributed by atoms with Crippen molar-refractivity contribution in [1.82, 2.24) is 4.90 Å². The lowest BCUT2D eigenvalue weighted by Gasteiger charge is -2.16. The van der Waals surface area contributed by atoms with Crippen LogP contribution >= 0.6 is 11.6 Å². The van der Waals surface area contributed by atoms with Crippen molar-refractivity contribution in [3.8, 4) is 11.5 Å². The van der Waals surface area contributed by atoms with Crippen molar-refractivity contribution in [2.24, 2.45) is 0 Å². The van der Waals surface area contributed by atoms with Crippen LogP contribution in [0.3, 0.4) is 0 Å². The summed E-state index contributed by atoms with van der Waals surface area (Å²) in [6.07, 6.45) is 0.816. The van der Waals surface area contributed by atoms with Crippen LogP contribution in [0.4, 0.5) is 0 Å². The predicted octanol–water partition coefficient (Wildman–Crippen LogP) is 2.37. The molecule has 1 aliphatic rings. The zero-order valence-electron chi connectivity index (χ0n) is 10.7. The zero-order valence-corrected chi connectivity index (χ0v) is 11.4. The molecule has 104 valence electrons. The number of fused-ring (bicyclic) bond motifs is 1. The molecule has 0 atom stereocenters. The molecule has 0 radical (unpaired) electrons. The fourth-order valence-electron chi connectivity index (χ4n) is 2.00. The molecular formula is C13H16ClNO4. The Labute approximate surface area is 116 Å². The molecule has 19 heavy (non-hydrogen) atoms. The summed E-state index contributed by atoms with van der Waals surface area (Å²) < 4.78 is 10.6. The molecule has 1 aliphatic heterocycles. The van der Waals surface area contributed by atoms with Crippen LogP contribution < -0.4 is 9.47 Å². The van der Waals surface area contributed by atoms with E-state index in [1.165, 1.54) is 0 Å². The monoisotopic (exact) mass is 285 g/mol. The molecule has 1 aromatic carbocycles. The Morgan fingerprint density at radius 1 is 1.47 bits per heavy atom. The summed E-state index contributed by atoms with van der Waals surface area (Å²) in [5.41, 5.74) is 1.02. The highest BCUT2D eigenvalue weighted by Crippen LogP contribution is 2.39. The van der Waals surface area contributed by atoms with Gasteiger partial charge in [0.1, 0.15) is 0 Å². The van der Waals surface area contributed by atoms with Crippen LogP contribution in [0.15, 0.2) is 12.1 Å². The fourth-order valence-corrected chi connectivity index (χ4v) is 2.29. The molecule has 0 aromatic heterocycles. The van der Waals surface area contributed by atoms with Gasteiger partial charge < -0.3 is 19.5 Å². The number of carboxylic acid groups (broad SMARTS) is 1. The van der Waals surface area contributed by atoms with Gasteiger partial charge in [0.2, 0.25) is 6.79 Å². The summed E-state index contributed by atoms with van der Waals surface area (Å²) in [4.78, 5) is 12.5. The van der Waals surface area contributed by atoms with Crippen molar-refractivity contribution in [2.75, 3.05) is 20.4 Å². The zero-order chi connectivity index (χ0) is 13.8. The maximum Gasteiger partial charge on any atom is 0.303 e. The van der Waals surface area contributed by atoms with E-state index in [2.05, 4.69) is 4.90 Å². The Kier molecular flexibility index (Phi) is 4.50. The SMILES string of the molecule is CN(CCCC(=O)O)Cc1cc(Cl)c2c(c1)OCO2. The summed E-state index contributed by atoms with van der Waals surface area (Å²) in [5, 5.41) is 9.14. The second kappa shape index (κ2) is 6.12. The van der Waals surface area contributed by atoms with Gasteiger partial charge in [-0.15, -0.1) is 0 Å². The largest absolute Gasteiger partial charge is 0.481 e. The van der Waals surface area contributed by atoms with Gasteiger partial charge in [-0.05, 0) is 37.7 Å². The van der Waals surface area contributed by atoms with Crippen molar-refractivity contribution in [2.45, 2.75) is 19.4 Å². The van der Waals surface area contributed by atoms with Gasteiger partial charge in [0.25, 0.3) is 0 Å². The Morgan fingerprint density at radius 2 is 2.26 bits per heavy atom. The average molecular weight is 286 g/mol. The van der Waals surface area contributed by atoms with Crippen LogP contribution in [-0.4, -0.2) is 36.4 Å². The van der Waals surface area contributed by atoms with Gasteiger partial charge in [-0.2, -0.15) is 0 Å². The van der Waals surface area contributed by atoms with E-state index in [9.17, 15) is 4.79 Å². The molecule has 0 saturated heterocycles. The predicted molar refractivity (Wildman–Crippen MR) is 70.8 cm³/mol. The van der Waals surface area contributed by atoms with Gasteiger partial charge in [0.05, 0.1) is 5.02 Å². The van der Waals surface area contributed by atoms with E-state index in [4.69, 9.17) is 26.2 Å². The third kappa shape index (κ3) is 3.75. The molecular weight excluding hydrogens is 270 g/mol. The molecule has 2 rings (SSSR count). The molecule has 0 unspecified atom stereocenters. The lowest BCUT2D eigenvalue weighted by atomic mass is 10.2. The van der Waals surface area contributed by atoms with E-state index in [0.29, 0.717) is 29.5 Å². The second-order valence-corrected chi connectivity index (χ2v) is 4.95. The maximum atomic E-state index is 10.4. The second-order valence-electron chi connectivity index (χ2n) is 4.55. The smallest absolute Gasteiger partial charge is 0.303 e. The Morgan fingerprint density at radius 3 is 3.00 bits per heavy atom. The van der Waals surface area contributed by atoms with Crippen molar-refractivity contribution in [3.63, 3.8) is 0 Å². The highest BCUT2D eigenvalue weighted by molar-refractivity contribution is 6.32. The minimum Gasteiger partial charge on any atom is -0.481 e. The summed E-state index contributed by atoms with van der Waals surface area (Å²) in [7, 11) is 1.94. The van der Waals surface area contributed by atoms with Crippen molar-refractivity contribution < 1.29 is 19.4 Å². The van der Waals surface area contributed by atoms with Crippen LogP contribution in [0.1, 0.15) is 18.4 Å². The molecule has 0 aliphatic carbocycles. The molecule has 1 heterocycles. The molecule has 6 heteroatoms. The van der Waals surface area contributed by atoms with Crippen molar-refractivity contribution >= 4 is 17.6 Å². The van der Waals surface area contributed by atoms with Crippen LogP contribution in [0.25, 0.3) is 0 Å². The number of carboxylic acids is 1. The number of carbonyl (C=O) groups is 1. The summed E-state index contributed by atoms with van der Waals surface area (Å²) >= 11 is 6.10. The molecule has 0 saturated carbocycles. The molecule has 0 bridgehead atoms. The maximum absolute atomic E-state index is 10.4. The summed E-state index contributed by atoms with van der Waals surface area (Å²) in [6, 6.07) is 3.75. The standard InChI is InChI=1S/C13H16ClNO4/c1-15(4-2-3-12(16)17)7-9-5-10(14)13-11(6-9)18-8-19-13/h5-6H,2-4,7-8H2,1H3,(H,16,17). The number of ether oxygens (including phenoxy) is 2. The fraction of sp³-hybridized carbons (Fsp3) is 0.462. The molecule has 1 aromatic rings. The Hall–Kier alpha value is -1.46. The van der Waals surface area contributed by atoms with Gasteiger partial charge in [0.15, 0.2) is 11.5 Å². The third-order valence-corrected chi connectivity index (χ3v) is 3.15. The minimum atomic E-state index is -0.764. The highest BCUT2D eigenvalue weighted by atomic mass is 35.5. The van der Waals surface area contributed by atoms with Crippen LogP contribution in [0.2, 0.25) is 5.02 Å². The van der Waals surface area contributed by atoms with Crippen LogP contribution in [0.5, 0.6) is 11.5 Å². The number of hydrogen-bond acceptors (Lipinski definition) is 4. The first kappa shape index (κ1) is 14.0. The molecule has 0 amide bonds. The van der Waals surface area contributed by atoms with E-state index in [-0.39, 0.29) is 13.2 Å². The Bertz CT molecular complexity index is 478. The number of aliphatic carboxylic acids is 1. The number of benzene rings is 1. The van der Waals surface area contributed by atoms with Gasteiger partial charge >= 0.3 is 5.97 Å².